The van der Waals surface area contributed by atoms with Gasteiger partial charge in [-0.3, -0.25) is 10.1 Å². The molecule has 134 valence electrons. The second kappa shape index (κ2) is 8.21. The minimum atomic E-state index is -0.317. The summed E-state index contributed by atoms with van der Waals surface area (Å²) < 4.78 is 10.7. The van der Waals surface area contributed by atoms with Gasteiger partial charge in [0.1, 0.15) is 0 Å². The Morgan fingerprint density at radius 1 is 1.27 bits per heavy atom. The van der Waals surface area contributed by atoms with Gasteiger partial charge >= 0.3 is 0 Å². The molecule has 0 aliphatic carbocycles. The number of hydrogen-bond acceptors (Lipinski definition) is 5. The first-order valence-corrected chi connectivity index (χ1v) is 9.20. The zero-order chi connectivity index (χ0) is 18.5. The molecule has 3 aromatic rings. The van der Waals surface area contributed by atoms with Crippen molar-refractivity contribution in [3.05, 3.63) is 58.4 Å². The molecule has 0 bridgehead atoms. The first-order valence-electron chi connectivity index (χ1n) is 7.95. The normalized spacial score (nSPS) is 10.4. The smallest absolute Gasteiger partial charge is 0.257 e. The maximum Gasteiger partial charge on any atom is 0.257 e. The van der Waals surface area contributed by atoms with Crippen molar-refractivity contribution in [1.82, 2.24) is 4.98 Å². The van der Waals surface area contributed by atoms with E-state index in [1.165, 1.54) is 18.4 Å². The molecule has 7 heteroatoms. The van der Waals surface area contributed by atoms with E-state index in [2.05, 4.69) is 10.3 Å². The monoisotopic (exact) mass is 388 g/mol. The van der Waals surface area contributed by atoms with Crippen molar-refractivity contribution in [2.45, 2.75) is 6.92 Å². The predicted octanol–water partition coefficient (Wildman–Crippen LogP) is 5.12. The van der Waals surface area contributed by atoms with E-state index in [4.69, 9.17) is 21.1 Å². The molecule has 1 aromatic heterocycles. The van der Waals surface area contributed by atoms with E-state index in [0.29, 0.717) is 33.8 Å². The average molecular weight is 389 g/mol. The van der Waals surface area contributed by atoms with Crippen LogP contribution in [0.25, 0.3) is 11.3 Å². The lowest BCUT2D eigenvalue weighted by atomic mass is 10.2. The summed E-state index contributed by atoms with van der Waals surface area (Å²) in [6, 6.07) is 12.9. The second-order valence-electron chi connectivity index (χ2n) is 5.28. The third-order valence-electron chi connectivity index (χ3n) is 3.57. The lowest BCUT2D eigenvalue weighted by molar-refractivity contribution is 0.102. The number of aromatic nitrogens is 1. The average Bonchev–Trinajstić information content (AvgIpc) is 3.12. The number of benzene rings is 2. The lowest BCUT2D eigenvalue weighted by Crippen LogP contribution is -2.12. The molecule has 0 aliphatic heterocycles. The number of rotatable bonds is 6. The number of hydrogen-bond donors (Lipinski definition) is 1. The highest BCUT2D eigenvalue weighted by molar-refractivity contribution is 7.14. The lowest BCUT2D eigenvalue weighted by Gasteiger charge is -2.12. The van der Waals surface area contributed by atoms with Gasteiger partial charge in [-0.2, -0.15) is 0 Å². The number of nitrogens with zero attached hydrogens (tertiary/aromatic N) is 1. The molecule has 0 atom stereocenters. The van der Waals surface area contributed by atoms with Crippen LogP contribution < -0.4 is 14.8 Å². The Morgan fingerprint density at radius 3 is 2.73 bits per heavy atom. The summed E-state index contributed by atoms with van der Waals surface area (Å²) in [4.78, 5) is 17.0. The van der Waals surface area contributed by atoms with Crippen molar-refractivity contribution in [2.75, 3.05) is 19.0 Å². The fraction of sp³-hybridized carbons (Fsp3) is 0.158. The van der Waals surface area contributed by atoms with Crippen LogP contribution in [0.1, 0.15) is 17.3 Å². The van der Waals surface area contributed by atoms with Crippen LogP contribution in [0.15, 0.2) is 47.8 Å². The van der Waals surface area contributed by atoms with Gasteiger partial charge in [0.15, 0.2) is 16.6 Å². The van der Waals surface area contributed by atoms with Crippen LogP contribution in [0.2, 0.25) is 5.02 Å². The van der Waals surface area contributed by atoms with Crippen LogP contribution >= 0.6 is 22.9 Å². The Balaban J connectivity index is 1.80. The van der Waals surface area contributed by atoms with Crippen LogP contribution in [0.3, 0.4) is 0 Å². The number of nitrogens with one attached hydrogen (secondary N) is 1. The molecule has 0 saturated heterocycles. The molecule has 26 heavy (non-hydrogen) atoms. The van der Waals surface area contributed by atoms with E-state index in [-0.39, 0.29) is 5.91 Å². The van der Waals surface area contributed by atoms with Crippen molar-refractivity contribution >= 4 is 34.0 Å². The fourth-order valence-corrected chi connectivity index (χ4v) is 3.36. The minimum Gasteiger partial charge on any atom is -0.493 e. The summed E-state index contributed by atoms with van der Waals surface area (Å²) >= 11 is 7.59. The number of amides is 1. The Labute approximate surface area is 160 Å². The first-order chi connectivity index (χ1) is 12.6. The molecule has 0 radical (unpaired) electrons. The van der Waals surface area contributed by atoms with Crippen LogP contribution in [-0.4, -0.2) is 24.6 Å². The summed E-state index contributed by atoms with van der Waals surface area (Å²) in [6.45, 7) is 2.30. The van der Waals surface area contributed by atoms with Gasteiger partial charge in [-0.1, -0.05) is 41.9 Å². The van der Waals surface area contributed by atoms with E-state index < -0.39 is 0 Å². The third kappa shape index (κ3) is 3.98. The molecule has 0 fully saturated rings. The molecule has 3 rings (SSSR count). The van der Waals surface area contributed by atoms with Gasteiger partial charge in [0.2, 0.25) is 0 Å². The van der Waals surface area contributed by atoms with Crippen LogP contribution in [0, 0.1) is 0 Å². The number of thiazole rings is 1. The number of halogens is 1. The van der Waals surface area contributed by atoms with Gasteiger partial charge in [0.25, 0.3) is 5.91 Å². The molecule has 1 N–H and O–H groups in total. The van der Waals surface area contributed by atoms with Crippen molar-refractivity contribution in [3.63, 3.8) is 0 Å². The Morgan fingerprint density at radius 2 is 2.04 bits per heavy atom. The number of anilines is 1. The van der Waals surface area contributed by atoms with E-state index in [0.717, 1.165) is 11.3 Å². The van der Waals surface area contributed by atoms with Gasteiger partial charge in [-0.05, 0) is 19.1 Å². The molecule has 5 nitrogen and oxygen atoms in total. The van der Waals surface area contributed by atoms with E-state index in [9.17, 15) is 4.79 Å². The van der Waals surface area contributed by atoms with Crippen molar-refractivity contribution < 1.29 is 14.3 Å². The molecular weight excluding hydrogens is 372 g/mol. The summed E-state index contributed by atoms with van der Waals surface area (Å²) in [5.41, 5.74) is 2.18. The molecule has 0 spiro atoms. The maximum atomic E-state index is 12.5. The molecule has 1 amide bonds. The summed E-state index contributed by atoms with van der Waals surface area (Å²) in [7, 11) is 1.50. The molecule has 1 heterocycles. The highest BCUT2D eigenvalue weighted by Gasteiger charge is 2.17. The van der Waals surface area contributed by atoms with Crippen molar-refractivity contribution in [3.8, 4) is 22.8 Å². The minimum absolute atomic E-state index is 0.317. The van der Waals surface area contributed by atoms with Gasteiger partial charge in [-0.25, -0.2) is 4.98 Å². The summed E-state index contributed by atoms with van der Waals surface area (Å²) in [6.07, 6.45) is 0. The maximum absolute atomic E-state index is 12.5. The largest absolute Gasteiger partial charge is 0.493 e. The number of ether oxygens (including phenoxy) is 2. The molecule has 0 saturated carbocycles. The Kier molecular flexibility index (Phi) is 5.75. The number of carbonyl (C=O) groups excluding carboxylic acids is 1. The number of methoxy groups -OCH3 is 1. The standard InChI is InChI=1S/C19H17ClN2O3S/c1-3-25-17-14(20)9-13(10-16(17)24-2)18(23)22-19-21-15(11-26-19)12-7-5-4-6-8-12/h4-11H,3H2,1-2H3,(H,21,22,23). The van der Waals surface area contributed by atoms with Crippen molar-refractivity contribution in [1.29, 1.82) is 0 Å². The molecule has 0 unspecified atom stereocenters. The SMILES string of the molecule is CCOc1c(Cl)cc(C(=O)Nc2nc(-c3ccccc3)cs2)cc1OC. The van der Waals surface area contributed by atoms with Gasteiger partial charge in [-0.15, -0.1) is 11.3 Å². The van der Waals surface area contributed by atoms with Crippen LogP contribution in [-0.2, 0) is 0 Å². The van der Waals surface area contributed by atoms with Crippen LogP contribution in [0.5, 0.6) is 11.5 Å². The number of carbonyl (C=O) groups is 1. The highest BCUT2D eigenvalue weighted by atomic mass is 35.5. The molecule has 0 aliphatic rings. The zero-order valence-electron chi connectivity index (χ0n) is 14.3. The van der Waals surface area contributed by atoms with Crippen molar-refractivity contribution in [2.24, 2.45) is 0 Å². The van der Waals surface area contributed by atoms with Gasteiger partial charge in [0.05, 0.1) is 24.4 Å². The van der Waals surface area contributed by atoms with E-state index in [1.807, 2.05) is 42.6 Å². The molecule has 2 aromatic carbocycles. The Hall–Kier alpha value is -2.57. The predicted molar refractivity (Wildman–Crippen MR) is 105 cm³/mol. The second-order valence-corrected chi connectivity index (χ2v) is 6.55. The highest BCUT2D eigenvalue weighted by Crippen LogP contribution is 2.36. The Bertz CT molecular complexity index is 912. The summed E-state index contributed by atoms with van der Waals surface area (Å²) in [5.74, 6) is 0.518. The van der Waals surface area contributed by atoms with E-state index in [1.54, 1.807) is 12.1 Å². The molecular formula is C19H17ClN2O3S. The quantitative estimate of drug-likeness (QED) is 0.636. The topological polar surface area (TPSA) is 60.5 Å². The zero-order valence-corrected chi connectivity index (χ0v) is 15.9. The van der Waals surface area contributed by atoms with E-state index >= 15 is 0 Å². The van der Waals surface area contributed by atoms with Gasteiger partial charge in [0, 0.05) is 16.5 Å². The third-order valence-corrected chi connectivity index (χ3v) is 4.61. The summed E-state index contributed by atoms with van der Waals surface area (Å²) in [5, 5.41) is 5.52. The first kappa shape index (κ1) is 18.2. The van der Waals surface area contributed by atoms with Gasteiger partial charge < -0.3 is 9.47 Å². The fourth-order valence-electron chi connectivity index (χ4n) is 2.38. The van der Waals surface area contributed by atoms with Crippen LogP contribution in [0.4, 0.5) is 5.13 Å².